The SMILES string of the molecule is CC(C)=CCC/C(C)=C/CC/C(C)=C/C[B-](F)(F)F. The number of allylic oxidation sites excluding steroid dienone is 6. The van der Waals surface area contributed by atoms with E-state index in [2.05, 4.69) is 32.9 Å². The zero-order valence-corrected chi connectivity index (χ0v) is 12.5. The number of halogens is 3. The molecule has 0 amide bonds. The molecular formula is C15H25BF3-. The van der Waals surface area contributed by atoms with Crippen LogP contribution < -0.4 is 0 Å². The van der Waals surface area contributed by atoms with Crippen molar-refractivity contribution in [3.8, 4) is 0 Å². The first-order valence-electron chi connectivity index (χ1n) is 6.86. The van der Waals surface area contributed by atoms with Gasteiger partial charge in [-0.05, 0) is 53.4 Å². The van der Waals surface area contributed by atoms with Crippen LogP contribution in [0.2, 0.25) is 6.32 Å². The molecule has 0 rings (SSSR count). The topological polar surface area (TPSA) is 0 Å². The molecule has 0 N–H and O–H groups in total. The lowest BCUT2D eigenvalue weighted by atomic mass is 9.85. The largest absolute Gasteiger partial charge is 0.482 e. The van der Waals surface area contributed by atoms with E-state index < -0.39 is 13.3 Å². The second-order valence-electron chi connectivity index (χ2n) is 5.41. The Labute approximate surface area is 115 Å². The summed E-state index contributed by atoms with van der Waals surface area (Å²) in [5, 5.41) is 0. The minimum atomic E-state index is -4.68. The molecule has 19 heavy (non-hydrogen) atoms. The van der Waals surface area contributed by atoms with E-state index in [9.17, 15) is 12.9 Å². The van der Waals surface area contributed by atoms with Crippen LogP contribution in [0, 0.1) is 0 Å². The van der Waals surface area contributed by atoms with Crippen LogP contribution in [0.4, 0.5) is 12.9 Å². The summed E-state index contributed by atoms with van der Waals surface area (Å²) in [5.74, 6) is 0. The van der Waals surface area contributed by atoms with Crippen molar-refractivity contribution in [3.05, 3.63) is 34.9 Å². The lowest BCUT2D eigenvalue weighted by Gasteiger charge is -2.10. The quantitative estimate of drug-likeness (QED) is 0.362. The molecule has 0 aromatic carbocycles. The molecule has 4 heteroatoms. The van der Waals surface area contributed by atoms with Gasteiger partial charge in [-0.25, -0.2) is 0 Å². The number of rotatable bonds is 8. The maximum atomic E-state index is 12.1. The Morgan fingerprint density at radius 2 is 1.26 bits per heavy atom. The molecule has 0 aliphatic carbocycles. The molecule has 0 atom stereocenters. The first-order chi connectivity index (χ1) is 8.70. The van der Waals surface area contributed by atoms with Crippen LogP contribution >= 0.6 is 0 Å². The van der Waals surface area contributed by atoms with Crippen molar-refractivity contribution in [2.75, 3.05) is 0 Å². The van der Waals surface area contributed by atoms with E-state index in [4.69, 9.17) is 0 Å². The van der Waals surface area contributed by atoms with Crippen molar-refractivity contribution in [3.63, 3.8) is 0 Å². The second-order valence-corrected chi connectivity index (χ2v) is 5.41. The lowest BCUT2D eigenvalue weighted by molar-refractivity contribution is 0.477. The fourth-order valence-electron chi connectivity index (χ4n) is 1.67. The van der Waals surface area contributed by atoms with Gasteiger partial charge in [0.2, 0.25) is 0 Å². The molecule has 0 aromatic rings. The molecule has 0 bridgehead atoms. The highest BCUT2D eigenvalue weighted by Gasteiger charge is 2.20. The minimum Gasteiger partial charge on any atom is -0.449 e. The third kappa shape index (κ3) is 13.3. The van der Waals surface area contributed by atoms with E-state index in [0.29, 0.717) is 6.42 Å². The van der Waals surface area contributed by atoms with Gasteiger partial charge in [-0.1, -0.05) is 35.2 Å². The first kappa shape index (κ1) is 18.1. The predicted octanol–water partition coefficient (Wildman–Crippen LogP) is 6.25. The van der Waals surface area contributed by atoms with Gasteiger partial charge >= 0.3 is 6.98 Å². The van der Waals surface area contributed by atoms with Crippen LogP contribution in [-0.4, -0.2) is 6.98 Å². The van der Waals surface area contributed by atoms with Gasteiger partial charge in [0.25, 0.3) is 0 Å². The molecule has 0 unspecified atom stereocenters. The summed E-state index contributed by atoms with van der Waals surface area (Å²) in [5.41, 5.74) is 3.46. The fraction of sp³-hybridized carbons (Fsp3) is 0.600. The summed E-state index contributed by atoms with van der Waals surface area (Å²) >= 11 is 0. The van der Waals surface area contributed by atoms with Crippen LogP contribution in [0.3, 0.4) is 0 Å². The Bertz CT molecular complexity index is 345. The molecule has 110 valence electrons. The van der Waals surface area contributed by atoms with Gasteiger partial charge in [0.15, 0.2) is 0 Å². The van der Waals surface area contributed by atoms with Crippen LogP contribution in [0.25, 0.3) is 0 Å². The Morgan fingerprint density at radius 1 is 0.789 bits per heavy atom. The smallest absolute Gasteiger partial charge is 0.449 e. The standard InChI is InChI=1S/C15H25BF3/c1-13(2)7-5-8-14(3)9-6-10-15(4)11-12-16(17,18)19/h7,9,11H,5-6,8,10,12H2,1-4H3/q-1/b14-9+,15-11+. The monoisotopic (exact) mass is 273 g/mol. The van der Waals surface area contributed by atoms with Crippen LogP contribution in [0.5, 0.6) is 0 Å². The van der Waals surface area contributed by atoms with Crippen LogP contribution in [0.1, 0.15) is 53.4 Å². The number of hydrogen-bond donors (Lipinski definition) is 0. The molecule has 0 saturated heterocycles. The van der Waals surface area contributed by atoms with Gasteiger partial charge < -0.3 is 12.9 Å². The fourth-order valence-corrected chi connectivity index (χ4v) is 1.67. The maximum absolute atomic E-state index is 12.1. The average Bonchev–Trinajstić information content (AvgIpc) is 2.25. The Morgan fingerprint density at radius 3 is 1.74 bits per heavy atom. The zero-order chi connectivity index (χ0) is 14.9. The molecule has 0 aromatic heterocycles. The predicted molar refractivity (Wildman–Crippen MR) is 79.3 cm³/mol. The van der Waals surface area contributed by atoms with Gasteiger partial charge in [-0.3, -0.25) is 0 Å². The normalized spacial score (nSPS) is 13.6. The Kier molecular flexibility index (Phi) is 8.61. The van der Waals surface area contributed by atoms with Gasteiger partial charge in [0, 0.05) is 0 Å². The Balaban J connectivity index is 3.96. The van der Waals surface area contributed by atoms with Crippen molar-refractivity contribution in [1.29, 1.82) is 0 Å². The Hall–Kier alpha value is -0.925. The van der Waals surface area contributed by atoms with Crippen molar-refractivity contribution in [2.45, 2.75) is 59.7 Å². The van der Waals surface area contributed by atoms with E-state index >= 15 is 0 Å². The highest BCUT2D eigenvalue weighted by molar-refractivity contribution is 6.58. The number of hydrogen-bond acceptors (Lipinski definition) is 0. The van der Waals surface area contributed by atoms with Crippen LogP contribution in [0.15, 0.2) is 34.9 Å². The van der Waals surface area contributed by atoms with E-state index in [1.807, 2.05) is 0 Å². The minimum absolute atomic E-state index is 0.714. The van der Waals surface area contributed by atoms with E-state index in [1.165, 1.54) is 17.2 Å². The third-order valence-electron chi connectivity index (χ3n) is 2.86. The molecular weight excluding hydrogens is 248 g/mol. The van der Waals surface area contributed by atoms with E-state index in [0.717, 1.165) is 24.8 Å². The molecule has 0 heterocycles. The molecule has 0 aliphatic rings. The van der Waals surface area contributed by atoms with Crippen molar-refractivity contribution >= 4 is 6.98 Å². The van der Waals surface area contributed by atoms with Gasteiger partial charge in [0.05, 0.1) is 0 Å². The van der Waals surface area contributed by atoms with Crippen LogP contribution in [-0.2, 0) is 0 Å². The molecule has 0 aliphatic heterocycles. The van der Waals surface area contributed by atoms with Gasteiger partial charge in [-0.15, -0.1) is 6.08 Å². The second kappa shape index (κ2) is 9.05. The van der Waals surface area contributed by atoms with Gasteiger partial charge in [-0.2, -0.15) is 0 Å². The van der Waals surface area contributed by atoms with Gasteiger partial charge in [0.1, 0.15) is 0 Å². The lowest BCUT2D eigenvalue weighted by Crippen LogP contribution is -2.12. The molecule has 0 radical (unpaired) electrons. The molecule has 0 spiro atoms. The molecule has 0 fully saturated rings. The van der Waals surface area contributed by atoms with E-state index in [-0.39, 0.29) is 0 Å². The summed E-state index contributed by atoms with van der Waals surface area (Å²) in [4.78, 5) is 0. The third-order valence-corrected chi connectivity index (χ3v) is 2.86. The zero-order valence-electron chi connectivity index (χ0n) is 12.5. The average molecular weight is 273 g/mol. The summed E-state index contributed by atoms with van der Waals surface area (Å²) in [6.07, 6.45) is 8.50. The summed E-state index contributed by atoms with van der Waals surface area (Å²) < 4.78 is 36.2. The first-order valence-corrected chi connectivity index (χ1v) is 6.86. The van der Waals surface area contributed by atoms with E-state index in [1.54, 1.807) is 6.92 Å². The highest BCUT2D eigenvalue weighted by atomic mass is 19.4. The maximum Gasteiger partial charge on any atom is 0.482 e. The summed E-state index contributed by atoms with van der Waals surface area (Å²) in [7, 11) is 0. The molecule has 0 saturated carbocycles. The highest BCUT2D eigenvalue weighted by Crippen LogP contribution is 2.18. The van der Waals surface area contributed by atoms with Crippen molar-refractivity contribution in [2.24, 2.45) is 0 Å². The summed E-state index contributed by atoms with van der Waals surface area (Å²) in [6, 6.07) is 0. The van der Waals surface area contributed by atoms with Crippen molar-refractivity contribution in [1.82, 2.24) is 0 Å². The summed E-state index contributed by atoms with van der Waals surface area (Å²) in [6.45, 7) is 3.33. The molecule has 0 nitrogen and oxygen atoms in total. The van der Waals surface area contributed by atoms with Crippen molar-refractivity contribution < 1.29 is 12.9 Å².